The van der Waals surface area contributed by atoms with Gasteiger partial charge in [0.1, 0.15) is 12.1 Å². The first-order valence-corrected chi connectivity index (χ1v) is 6.99. The summed E-state index contributed by atoms with van der Waals surface area (Å²) in [7, 11) is 0. The smallest absolute Gasteiger partial charge is 0.215 e. The third kappa shape index (κ3) is 3.46. The fourth-order valence-corrected chi connectivity index (χ4v) is 2.22. The van der Waals surface area contributed by atoms with Gasteiger partial charge in [-0.3, -0.25) is 14.9 Å². The Morgan fingerprint density at radius 3 is 2.87 bits per heavy atom. The molecule has 0 saturated heterocycles. The van der Waals surface area contributed by atoms with E-state index >= 15 is 0 Å². The van der Waals surface area contributed by atoms with E-state index in [4.69, 9.17) is 16.0 Å². The number of aliphatic hydroxyl groups is 1. The zero-order valence-electron chi connectivity index (χ0n) is 11.7. The Labute approximate surface area is 135 Å². The van der Waals surface area contributed by atoms with E-state index in [9.17, 15) is 9.90 Å². The van der Waals surface area contributed by atoms with Crippen LogP contribution in [0.1, 0.15) is 27.5 Å². The van der Waals surface area contributed by atoms with Crippen molar-refractivity contribution in [2.24, 2.45) is 0 Å². The highest BCUT2D eigenvalue weighted by Crippen LogP contribution is 2.24. The number of nitrogens with one attached hydrogen (secondary N) is 1. The summed E-state index contributed by atoms with van der Waals surface area (Å²) in [5.41, 5.74) is 1.19. The number of aromatic amines is 1. The lowest BCUT2D eigenvalue weighted by Gasteiger charge is -2.00. The van der Waals surface area contributed by atoms with E-state index in [-0.39, 0.29) is 22.4 Å². The SMILES string of the molecule is O=C(C=C(O)c1nc[nH]n1)c1cc(Cl)oc1Cc1ccncc1. The fraction of sp³-hybridized carbons (Fsp3) is 0.0667. The molecule has 0 fully saturated rings. The van der Waals surface area contributed by atoms with Gasteiger partial charge in [-0.25, -0.2) is 4.98 Å². The molecule has 0 aromatic carbocycles. The van der Waals surface area contributed by atoms with Crippen molar-refractivity contribution in [2.45, 2.75) is 6.42 Å². The van der Waals surface area contributed by atoms with Gasteiger partial charge in [0.05, 0.1) is 5.56 Å². The summed E-state index contributed by atoms with van der Waals surface area (Å²) < 4.78 is 5.39. The molecule has 3 heterocycles. The summed E-state index contributed by atoms with van der Waals surface area (Å²) in [5.74, 6) is -0.357. The van der Waals surface area contributed by atoms with Crippen LogP contribution in [0.25, 0.3) is 5.76 Å². The number of allylic oxidation sites excluding steroid dienone is 1. The minimum Gasteiger partial charge on any atom is -0.504 e. The molecule has 8 heteroatoms. The monoisotopic (exact) mass is 330 g/mol. The minimum atomic E-state index is -0.452. The van der Waals surface area contributed by atoms with E-state index in [0.29, 0.717) is 12.2 Å². The third-order valence-corrected chi connectivity index (χ3v) is 3.26. The average Bonchev–Trinajstić information content (AvgIpc) is 3.18. The van der Waals surface area contributed by atoms with E-state index in [0.717, 1.165) is 11.6 Å². The Bertz CT molecular complexity index is 841. The van der Waals surface area contributed by atoms with Crippen molar-refractivity contribution in [3.8, 4) is 0 Å². The number of hydrogen-bond acceptors (Lipinski definition) is 6. The predicted octanol–water partition coefficient (Wildman–Crippen LogP) is 2.82. The van der Waals surface area contributed by atoms with Crippen LogP contribution < -0.4 is 0 Å². The number of carbonyl (C=O) groups is 1. The van der Waals surface area contributed by atoms with E-state index in [1.807, 2.05) is 12.1 Å². The molecular weight excluding hydrogens is 320 g/mol. The highest BCUT2D eigenvalue weighted by molar-refractivity contribution is 6.29. The Morgan fingerprint density at radius 2 is 2.17 bits per heavy atom. The first kappa shape index (κ1) is 15.0. The minimum absolute atomic E-state index is 0.0311. The van der Waals surface area contributed by atoms with Gasteiger partial charge >= 0.3 is 0 Å². The van der Waals surface area contributed by atoms with E-state index in [2.05, 4.69) is 20.2 Å². The lowest BCUT2D eigenvalue weighted by molar-refractivity contribution is 0.104. The van der Waals surface area contributed by atoms with Crippen molar-refractivity contribution < 1.29 is 14.3 Å². The second-order valence-electron chi connectivity index (χ2n) is 4.64. The standard InChI is InChI=1S/C15H11ClN4O3/c16-14-6-10(11(21)7-12(22)15-18-8-19-20-15)13(23-14)5-9-1-3-17-4-2-9/h1-4,6-8,22H,5H2,(H,18,19,20). The third-order valence-electron chi connectivity index (χ3n) is 3.07. The molecule has 0 bridgehead atoms. The molecule has 0 unspecified atom stereocenters. The van der Waals surface area contributed by atoms with Gasteiger partial charge in [0.2, 0.25) is 5.82 Å². The van der Waals surface area contributed by atoms with E-state index < -0.39 is 5.78 Å². The van der Waals surface area contributed by atoms with Crippen molar-refractivity contribution in [1.82, 2.24) is 20.2 Å². The number of aliphatic hydroxyl groups excluding tert-OH is 1. The molecule has 3 aromatic rings. The molecule has 0 aliphatic heterocycles. The van der Waals surface area contributed by atoms with E-state index in [1.165, 1.54) is 12.4 Å². The second kappa shape index (κ2) is 6.45. The lowest BCUT2D eigenvalue weighted by Crippen LogP contribution is -2.00. The van der Waals surface area contributed by atoms with Crippen molar-refractivity contribution in [1.29, 1.82) is 0 Å². The zero-order chi connectivity index (χ0) is 16.2. The normalized spacial score (nSPS) is 11.6. The van der Waals surface area contributed by atoms with Crippen molar-refractivity contribution >= 4 is 23.1 Å². The average molecular weight is 331 g/mol. The molecule has 3 rings (SSSR count). The summed E-state index contributed by atoms with van der Waals surface area (Å²) in [6.07, 6.45) is 6.01. The summed E-state index contributed by atoms with van der Waals surface area (Å²) in [6, 6.07) is 5.04. The van der Waals surface area contributed by atoms with Crippen molar-refractivity contribution in [3.05, 3.63) is 70.9 Å². The molecule has 23 heavy (non-hydrogen) atoms. The quantitative estimate of drug-likeness (QED) is 0.423. The molecule has 3 aromatic heterocycles. The van der Waals surface area contributed by atoms with Gasteiger partial charge in [-0.2, -0.15) is 5.10 Å². The molecule has 0 saturated carbocycles. The number of pyridine rings is 1. The van der Waals surface area contributed by atoms with E-state index in [1.54, 1.807) is 12.4 Å². The maximum Gasteiger partial charge on any atom is 0.215 e. The first-order chi connectivity index (χ1) is 11.1. The van der Waals surface area contributed by atoms with Crippen LogP contribution >= 0.6 is 11.6 Å². The fourth-order valence-electron chi connectivity index (χ4n) is 2.02. The maximum absolute atomic E-state index is 12.3. The molecule has 0 atom stereocenters. The molecule has 0 spiro atoms. The number of nitrogens with zero attached hydrogens (tertiary/aromatic N) is 3. The van der Waals surface area contributed by atoms with Crippen LogP contribution in [0.2, 0.25) is 5.22 Å². The zero-order valence-corrected chi connectivity index (χ0v) is 12.5. The number of aromatic nitrogens is 4. The van der Waals surface area contributed by atoms with Gasteiger partial charge in [0, 0.05) is 31.0 Å². The van der Waals surface area contributed by atoms with Crippen LogP contribution in [0.5, 0.6) is 0 Å². The van der Waals surface area contributed by atoms with Gasteiger partial charge in [-0.15, -0.1) is 0 Å². The Balaban J connectivity index is 1.88. The Morgan fingerprint density at radius 1 is 1.39 bits per heavy atom. The predicted molar refractivity (Wildman–Crippen MR) is 82.1 cm³/mol. The number of halogens is 1. The van der Waals surface area contributed by atoms with Crippen molar-refractivity contribution in [3.63, 3.8) is 0 Å². The molecule has 0 aliphatic carbocycles. The number of rotatable bonds is 5. The Kier molecular flexibility index (Phi) is 4.20. The van der Waals surface area contributed by atoms with Crippen LogP contribution in [0.15, 0.2) is 47.4 Å². The largest absolute Gasteiger partial charge is 0.504 e. The maximum atomic E-state index is 12.3. The summed E-state index contributed by atoms with van der Waals surface area (Å²) in [6.45, 7) is 0. The lowest BCUT2D eigenvalue weighted by atomic mass is 10.1. The first-order valence-electron chi connectivity index (χ1n) is 6.61. The molecule has 7 nitrogen and oxygen atoms in total. The van der Waals surface area contributed by atoms with Gasteiger partial charge in [0.15, 0.2) is 16.8 Å². The molecule has 0 amide bonds. The number of hydrogen-bond donors (Lipinski definition) is 2. The molecule has 2 N–H and O–H groups in total. The number of H-pyrrole nitrogens is 1. The molecule has 0 aliphatic rings. The van der Waals surface area contributed by atoms with Crippen LogP contribution in [0.3, 0.4) is 0 Å². The topological polar surface area (TPSA) is 105 Å². The van der Waals surface area contributed by atoms with Crippen LogP contribution in [0, 0.1) is 0 Å². The van der Waals surface area contributed by atoms with Crippen LogP contribution in [0.4, 0.5) is 0 Å². The molecular formula is C15H11ClN4O3. The molecule has 116 valence electrons. The highest BCUT2D eigenvalue weighted by Gasteiger charge is 2.18. The van der Waals surface area contributed by atoms with Gasteiger partial charge in [-0.05, 0) is 29.3 Å². The highest BCUT2D eigenvalue weighted by atomic mass is 35.5. The second-order valence-corrected chi connectivity index (χ2v) is 5.01. The van der Waals surface area contributed by atoms with Crippen LogP contribution in [-0.2, 0) is 6.42 Å². The number of carbonyl (C=O) groups excluding carboxylic acids is 1. The number of ketones is 1. The Hall–Kier alpha value is -2.93. The summed E-state index contributed by atoms with van der Waals surface area (Å²) >= 11 is 5.87. The van der Waals surface area contributed by atoms with Crippen LogP contribution in [-0.4, -0.2) is 31.1 Å². The summed E-state index contributed by atoms with van der Waals surface area (Å²) in [4.78, 5) is 20.0. The van der Waals surface area contributed by atoms with Gasteiger partial charge in [0.25, 0.3) is 0 Å². The van der Waals surface area contributed by atoms with Gasteiger partial charge < -0.3 is 9.52 Å². The molecule has 0 radical (unpaired) electrons. The number of furan rings is 1. The van der Waals surface area contributed by atoms with Gasteiger partial charge in [-0.1, -0.05) is 0 Å². The van der Waals surface area contributed by atoms with Crippen molar-refractivity contribution in [2.75, 3.05) is 0 Å². The summed E-state index contributed by atoms with van der Waals surface area (Å²) in [5, 5.41) is 16.1.